The fourth-order valence-electron chi connectivity index (χ4n) is 1.67. The summed E-state index contributed by atoms with van der Waals surface area (Å²) in [5.41, 5.74) is 1.57. The smallest absolute Gasteiger partial charge is 0.271 e. The third-order valence-electron chi connectivity index (χ3n) is 2.63. The molecule has 6 heteroatoms. The summed E-state index contributed by atoms with van der Waals surface area (Å²) in [7, 11) is -1.65. The molecule has 1 aromatic carbocycles. The number of para-hydroxylation sites is 1. The summed E-state index contributed by atoms with van der Waals surface area (Å²) < 4.78 is 27.4. The average molecular weight is 296 g/mol. The Labute approximate surface area is 117 Å². The normalized spacial score (nSPS) is 11.5. The fraction of sp³-hybridized carbons (Fsp3) is 0.231. The number of anilines is 1. The van der Waals surface area contributed by atoms with E-state index in [1.807, 2.05) is 20.0 Å². The van der Waals surface area contributed by atoms with Gasteiger partial charge < -0.3 is 5.32 Å². The van der Waals surface area contributed by atoms with Crippen LogP contribution in [0, 0.1) is 6.92 Å². The summed E-state index contributed by atoms with van der Waals surface area (Å²) in [5.74, 6) is 0. The molecule has 19 heavy (non-hydrogen) atoms. The van der Waals surface area contributed by atoms with Gasteiger partial charge in [0, 0.05) is 17.1 Å². The van der Waals surface area contributed by atoms with Gasteiger partial charge in [-0.05, 0) is 37.7 Å². The van der Waals surface area contributed by atoms with E-state index >= 15 is 0 Å². The second kappa shape index (κ2) is 5.73. The molecule has 0 aliphatic rings. The number of hydrogen-bond acceptors (Lipinski definition) is 4. The molecule has 0 aliphatic carbocycles. The Hall–Kier alpha value is -1.37. The van der Waals surface area contributed by atoms with Crippen molar-refractivity contribution in [2.75, 3.05) is 11.8 Å². The monoisotopic (exact) mass is 296 g/mol. The van der Waals surface area contributed by atoms with Gasteiger partial charge in [0.05, 0.1) is 0 Å². The minimum Gasteiger partial charge on any atom is -0.315 e. The molecule has 0 fully saturated rings. The van der Waals surface area contributed by atoms with Crippen LogP contribution in [-0.2, 0) is 16.6 Å². The highest BCUT2D eigenvalue weighted by atomic mass is 32.2. The zero-order chi connectivity index (χ0) is 13.9. The predicted octanol–water partition coefficient (Wildman–Crippen LogP) is 2.58. The number of rotatable bonds is 5. The number of benzene rings is 1. The van der Waals surface area contributed by atoms with Gasteiger partial charge in [-0.2, -0.15) is 0 Å². The van der Waals surface area contributed by atoms with Crippen LogP contribution in [0.4, 0.5) is 5.69 Å². The second-order valence-electron chi connectivity index (χ2n) is 4.17. The molecule has 0 bridgehead atoms. The maximum Gasteiger partial charge on any atom is 0.271 e. The zero-order valence-electron chi connectivity index (χ0n) is 10.8. The van der Waals surface area contributed by atoms with E-state index in [1.54, 1.807) is 30.3 Å². The molecule has 0 radical (unpaired) electrons. The number of hydrogen-bond donors (Lipinski definition) is 2. The summed E-state index contributed by atoms with van der Waals surface area (Å²) >= 11 is 1.30. The molecule has 0 amide bonds. The van der Waals surface area contributed by atoms with Gasteiger partial charge in [-0.25, -0.2) is 8.42 Å². The first kappa shape index (κ1) is 14.0. The van der Waals surface area contributed by atoms with Gasteiger partial charge in [0.15, 0.2) is 0 Å². The lowest BCUT2D eigenvalue weighted by Gasteiger charge is -2.05. The first-order valence-electron chi connectivity index (χ1n) is 5.84. The van der Waals surface area contributed by atoms with E-state index in [4.69, 9.17) is 0 Å². The summed E-state index contributed by atoms with van der Waals surface area (Å²) in [4.78, 5) is 1.04. The van der Waals surface area contributed by atoms with Crippen molar-refractivity contribution in [1.29, 1.82) is 0 Å². The van der Waals surface area contributed by atoms with Crippen LogP contribution < -0.4 is 10.0 Å². The lowest BCUT2D eigenvalue weighted by atomic mass is 10.3. The summed E-state index contributed by atoms with van der Waals surface area (Å²) in [6.45, 7) is 2.60. The number of thiophene rings is 1. The van der Waals surface area contributed by atoms with E-state index in [2.05, 4.69) is 10.0 Å². The van der Waals surface area contributed by atoms with Crippen molar-refractivity contribution in [3.8, 4) is 0 Å². The van der Waals surface area contributed by atoms with E-state index in [0.717, 1.165) is 10.4 Å². The molecule has 2 rings (SSSR count). The standard InChI is InChI=1S/C13H16N2O2S2/c1-10-8-13(18-12(10)9-14-2)19(16,17)15-11-6-4-3-5-7-11/h3-8,14-15H,9H2,1-2H3. The van der Waals surface area contributed by atoms with E-state index < -0.39 is 10.0 Å². The van der Waals surface area contributed by atoms with Crippen molar-refractivity contribution in [2.24, 2.45) is 0 Å². The van der Waals surface area contributed by atoms with Crippen molar-refractivity contribution < 1.29 is 8.42 Å². The largest absolute Gasteiger partial charge is 0.315 e. The van der Waals surface area contributed by atoms with Crippen LogP contribution in [0.15, 0.2) is 40.6 Å². The number of sulfonamides is 1. The van der Waals surface area contributed by atoms with Gasteiger partial charge in [-0.3, -0.25) is 4.72 Å². The molecule has 1 aromatic heterocycles. The van der Waals surface area contributed by atoms with Gasteiger partial charge in [0.2, 0.25) is 0 Å². The van der Waals surface area contributed by atoms with E-state index in [-0.39, 0.29) is 0 Å². The number of aryl methyl sites for hydroxylation is 1. The van der Waals surface area contributed by atoms with Crippen LogP contribution in [0.1, 0.15) is 10.4 Å². The summed E-state index contributed by atoms with van der Waals surface area (Å²) in [6.07, 6.45) is 0. The molecular formula is C13H16N2O2S2. The molecular weight excluding hydrogens is 280 g/mol. The van der Waals surface area contributed by atoms with Gasteiger partial charge in [-0.1, -0.05) is 18.2 Å². The molecule has 0 aliphatic heterocycles. The average Bonchev–Trinajstić information content (AvgIpc) is 2.73. The molecule has 0 saturated heterocycles. The van der Waals surface area contributed by atoms with Gasteiger partial charge in [-0.15, -0.1) is 11.3 Å². The number of nitrogens with one attached hydrogen (secondary N) is 2. The van der Waals surface area contributed by atoms with Crippen LogP contribution in [0.2, 0.25) is 0 Å². The Morgan fingerprint density at radius 1 is 1.21 bits per heavy atom. The van der Waals surface area contributed by atoms with Crippen molar-refractivity contribution in [3.05, 3.63) is 46.8 Å². The predicted molar refractivity (Wildman–Crippen MR) is 79.1 cm³/mol. The minimum atomic E-state index is -3.49. The Bertz CT molecular complexity index is 649. The molecule has 2 aromatic rings. The topological polar surface area (TPSA) is 58.2 Å². The molecule has 0 unspecified atom stereocenters. The molecule has 4 nitrogen and oxygen atoms in total. The van der Waals surface area contributed by atoms with Crippen molar-refractivity contribution >= 4 is 27.0 Å². The molecule has 2 N–H and O–H groups in total. The van der Waals surface area contributed by atoms with E-state index in [1.165, 1.54) is 11.3 Å². The van der Waals surface area contributed by atoms with Crippen LogP contribution in [0.25, 0.3) is 0 Å². The highest BCUT2D eigenvalue weighted by Crippen LogP contribution is 2.27. The van der Waals surface area contributed by atoms with Crippen LogP contribution in [-0.4, -0.2) is 15.5 Å². The molecule has 0 saturated carbocycles. The van der Waals surface area contributed by atoms with Gasteiger partial charge in [0.1, 0.15) is 4.21 Å². The molecule has 0 spiro atoms. The molecule has 1 heterocycles. The maximum absolute atomic E-state index is 12.3. The van der Waals surface area contributed by atoms with Crippen LogP contribution >= 0.6 is 11.3 Å². The minimum absolute atomic E-state index is 0.346. The summed E-state index contributed by atoms with van der Waals surface area (Å²) in [6, 6.07) is 10.6. The Kier molecular flexibility index (Phi) is 4.24. The third kappa shape index (κ3) is 3.34. The van der Waals surface area contributed by atoms with Crippen molar-refractivity contribution in [3.63, 3.8) is 0 Å². The van der Waals surface area contributed by atoms with Crippen molar-refractivity contribution in [1.82, 2.24) is 5.32 Å². The second-order valence-corrected chi connectivity index (χ2v) is 7.22. The van der Waals surface area contributed by atoms with Crippen LogP contribution in [0.3, 0.4) is 0 Å². The molecule has 102 valence electrons. The van der Waals surface area contributed by atoms with Gasteiger partial charge in [0.25, 0.3) is 10.0 Å². The third-order valence-corrected chi connectivity index (χ3v) is 5.72. The fourth-order valence-corrected chi connectivity index (χ4v) is 4.33. The van der Waals surface area contributed by atoms with Crippen LogP contribution in [0.5, 0.6) is 0 Å². The van der Waals surface area contributed by atoms with Crippen molar-refractivity contribution in [2.45, 2.75) is 17.7 Å². The lowest BCUT2D eigenvalue weighted by Crippen LogP contribution is -2.11. The quantitative estimate of drug-likeness (QED) is 0.891. The SMILES string of the molecule is CNCc1sc(S(=O)(=O)Nc2ccccc2)cc1C. The Morgan fingerprint density at radius 2 is 1.89 bits per heavy atom. The van der Waals surface area contributed by atoms with E-state index in [9.17, 15) is 8.42 Å². The van der Waals surface area contributed by atoms with Gasteiger partial charge >= 0.3 is 0 Å². The summed E-state index contributed by atoms with van der Waals surface area (Å²) in [5, 5.41) is 3.03. The first-order chi connectivity index (χ1) is 9.03. The highest BCUT2D eigenvalue weighted by Gasteiger charge is 2.18. The Morgan fingerprint density at radius 3 is 2.53 bits per heavy atom. The zero-order valence-corrected chi connectivity index (χ0v) is 12.4. The lowest BCUT2D eigenvalue weighted by molar-refractivity contribution is 0.603. The maximum atomic E-state index is 12.3. The highest BCUT2D eigenvalue weighted by molar-refractivity contribution is 7.94. The van der Waals surface area contributed by atoms with E-state index in [0.29, 0.717) is 16.4 Å². The molecule has 0 atom stereocenters. The first-order valence-corrected chi connectivity index (χ1v) is 8.14. The Balaban J connectivity index is 2.27.